The predicted molar refractivity (Wildman–Crippen MR) is 170 cm³/mol. The van der Waals surface area contributed by atoms with Gasteiger partial charge in [0.15, 0.2) is 11.5 Å². The van der Waals surface area contributed by atoms with Gasteiger partial charge >= 0.3 is 6.09 Å². The van der Waals surface area contributed by atoms with E-state index in [0.29, 0.717) is 18.6 Å². The average molecular weight is 583 g/mol. The van der Waals surface area contributed by atoms with E-state index in [4.69, 9.17) is 14.8 Å². The van der Waals surface area contributed by atoms with Crippen LogP contribution in [-0.4, -0.2) is 67.9 Å². The van der Waals surface area contributed by atoms with E-state index in [1.54, 1.807) is 4.68 Å². The molecular formula is C33H42N8O2. The van der Waals surface area contributed by atoms with Gasteiger partial charge in [0.05, 0.1) is 12.0 Å². The Balaban J connectivity index is 1.11. The fourth-order valence-corrected chi connectivity index (χ4v) is 6.23. The van der Waals surface area contributed by atoms with Crippen molar-refractivity contribution in [1.29, 1.82) is 0 Å². The predicted octanol–water partition coefficient (Wildman–Crippen LogP) is 6.23. The number of hydrogen-bond acceptors (Lipinski definition) is 8. The Kier molecular flexibility index (Phi) is 8.47. The summed E-state index contributed by atoms with van der Waals surface area (Å²) in [5.74, 6) is 1.29. The number of amides is 1. The van der Waals surface area contributed by atoms with Gasteiger partial charge in [-0.3, -0.25) is 4.90 Å². The highest BCUT2D eigenvalue weighted by Gasteiger charge is 2.29. The van der Waals surface area contributed by atoms with E-state index in [1.807, 2.05) is 18.1 Å². The normalized spacial score (nSPS) is 15.9. The molecule has 2 aliphatic heterocycles. The molecule has 226 valence electrons. The van der Waals surface area contributed by atoms with Crippen LogP contribution in [0.4, 0.5) is 27.9 Å². The van der Waals surface area contributed by atoms with Crippen molar-refractivity contribution in [3.05, 3.63) is 64.8 Å². The number of unbranched alkanes of at least 4 members (excludes halogenated alkanes) is 1. The molecule has 10 heteroatoms. The molecular weight excluding hydrogens is 540 g/mol. The molecule has 2 aromatic carbocycles. The van der Waals surface area contributed by atoms with Crippen molar-refractivity contribution in [2.24, 2.45) is 7.05 Å². The Morgan fingerprint density at radius 2 is 1.84 bits per heavy atom. The first kappa shape index (κ1) is 28.9. The SMILES string of the molecule is CCCCOC(=O)N1CCC(N2CCc3ccc(Nc4ncc5c(Nc6c(C)cccc6C)nn(C)c5n4)cc3C2)CC1. The number of para-hydroxylation sites is 1. The monoisotopic (exact) mass is 582 g/mol. The Labute approximate surface area is 253 Å². The van der Waals surface area contributed by atoms with E-state index < -0.39 is 0 Å². The summed E-state index contributed by atoms with van der Waals surface area (Å²) in [6.45, 7) is 10.3. The number of ether oxygens (including phenoxy) is 1. The third-order valence-electron chi connectivity index (χ3n) is 8.77. The first-order valence-electron chi connectivity index (χ1n) is 15.5. The number of benzene rings is 2. The van der Waals surface area contributed by atoms with E-state index in [2.05, 4.69) is 77.7 Å². The Hall–Kier alpha value is -4.18. The highest BCUT2D eigenvalue weighted by atomic mass is 16.6. The van der Waals surface area contributed by atoms with Gasteiger partial charge in [-0.05, 0) is 73.9 Å². The summed E-state index contributed by atoms with van der Waals surface area (Å²) < 4.78 is 7.21. The van der Waals surface area contributed by atoms with Crippen LogP contribution in [0.5, 0.6) is 0 Å². The number of carbonyl (C=O) groups excluding carboxylic acids is 1. The van der Waals surface area contributed by atoms with Gasteiger partial charge in [0.1, 0.15) is 0 Å². The zero-order chi connectivity index (χ0) is 29.9. The molecule has 0 atom stereocenters. The Morgan fingerprint density at radius 3 is 2.60 bits per heavy atom. The number of anilines is 4. The number of nitrogens with zero attached hydrogens (tertiary/aromatic N) is 6. The first-order valence-corrected chi connectivity index (χ1v) is 15.5. The van der Waals surface area contributed by atoms with Crippen molar-refractivity contribution in [1.82, 2.24) is 29.5 Å². The topological polar surface area (TPSA) is 100 Å². The molecule has 2 aromatic heterocycles. The van der Waals surface area contributed by atoms with E-state index >= 15 is 0 Å². The van der Waals surface area contributed by atoms with Gasteiger partial charge in [-0.1, -0.05) is 37.6 Å². The van der Waals surface area contributed by atoms with E-state index in [0.717, 1.165) is 97.6 Å². The molecule has 0 radical (unpaired) electrons. The van der Waals surface area contributed by atoms with Crippen LogP contribution in [0.2, 0.25) is 0 Å². The van der Waals surface area contributed by atoms with Crippen molar-refractivity contribution in [3.8, 4) is 0 Å². The largest absolute Gasteiger partial charge is 0.449 e. The molecule has 1 amide bonds. The number of piperidine rings is 1. The van der Waals surface area contributed by atoms with Crippen molar-refractivity contribution in [2.45, 2.75) is 65.5 Å². The molecule has 0 bridgehead atoms. The van der Waals surface area contributed by atoms with Gasteiger partial charge in [0.2, 0.25) is 5.95 Å². The zero-order valence-corrected chi connectivity index (χ0v) is 25.7. The average Bonchev–Trinajstić information content (AvgIpc) is 3.33. The molecule has 2 N–H and O–H groups in total. The maximum absolute atomic E-state index is 12.4. The van der Waals surface area contributed by atoms with Crippen molar-refractivity contribution in [2.75, 3.05) is 36.9 Å². The minimum absolute atomic E-state index is 0.160. The molecule has 1 fully saturated rings. The molecule has 0 unspecified atom stereocenters. The number of rotatable bonds is 8. The zero-order valence-electron chi connectivity index (χ0n) is 25.7. The van der Waals surface area contributed by atoms with Crippen molar-refractivity contribution in [3.63, 3.8) is 0 Å². The van der Waals surface area contributed by atoms with Crippen LogP contribution in [0.15, 0.2) is 42.6 Å². The minimum atomic E-state index is -0.160. The lowest BCUT2D eigenvalue weighted by Gasteiger charge is -2.40. The minimum Gasteiger partial charge on any atom is -0.449 e. The second-order valence-electron chi connectivity index (χ2n) is 11.8. The molecule has 1 saturated heterocycles. The standard InChI is InChI=1S/C33H42N8O2/c1-5-6-18-43-33(42)40-16-13-27(14-17-40)41-15-12-24-10-11-26(19-25(24)21-41)35-32-34-20-28-30(38-39(4)31(28)37-32)36-29-22(2)8-7-9-23(29)3/h7-11,19-20,27H,5-6,12-18,21H2,1-4H3,(H,36,38)(H,34,35,37). The number of nitrogens with one attached hydrogen (secondary N) is 2. The summed E-state index contributed by atoms with van der Waals surface area (Å²) in [4.78, 5) is 26.3. The lowest BCUT2D eigenvalue weighted by Crippen LogP contribution is -2.48. The van der Waals surface area contributed by atoms with Crippen LogP contribution in [-0.2, 0) is 24.8 Å². The molecule has 0 spiro atoms. The van der Waals surface area contributed by atoms with Crippen LogP contribution in [0.3, 0.4) is 0 Å². The quantitative estimate of drug-likeness (QED) is 0.236. The maximum Gasteiger partial charge on any atom is 0.409 e. The molecule has 4 aromatic rings. The van der Waals surface area contributed by atoms with E-state index in [-0.39, 0.29) is 6.09 Å². The van der Waals surface area contributed by atoms with Gasteiger partial charge in [-0.2, -0.15) is 10.1 Å². The number of fused-ring (bicyclic) bond motifs is 2. The number of likely N-dealkylation sites (tertiary alicyclic amines) is 1. The second-order valence-corrected chi connectivity index (χ2v) is 11.8. The second kappa shape index (κ2) is 12.6. The van der Waals surface area contributed by atoms with Gasteiger partial charge in [0.25, 0.3) is 0 Å². The molecule has 4 heterocycles. The first-order chi connectivity index (χ1) is 20.9. The van der Waals surface area contributed by atoms with Gasteiger partial charge in [-0.25, -0.2) is 14.5 Å². The lowest BCUT2D eigenvalue weighted by atomic mass is 9.95. The molecule has 2 aliphatic rings. The molecule has 6 rings (SSSR count). The highest BCUT2D eigenvalue weighted by molar-refractivity contribution is 5.90. The highest BCUT2D eigenvalue weighted by Crippen LogP contribution is 2.30. The van der Waals surface area contributed by atoms with Crippen LogP contribution in [0.25, 0.3) is 11.0 Å². The Bertz CT molecular complexity index is 1590. The molecule has 0 aliphatic carbocycles. The molecule has 0 saturated carbocycles. The number of hydrogen-bond donors (Lipinski definition) is 2. The number of carbonyl (C=O) groups is 1. The number of aryl methyl sites for hydroxylation is 3. The van der Waals surface area contributed by atoms with E-state index in [1.165, 1.54) is 11.1 Å². The van der Waals surface area contributed by atoms with Crippen LogP contribution in [0.1, 0.15) is 54.9 Å². The third-order valence-corrected chi connectivity index (χ3v) is 8.77. The summed E-state index contributed by atoms with van der Waals surface area (Å²) in [7, 11) is 1.91. The van der Waals surface area contributed by atoms with Gasteiger partial charge in [0, 0.05) is 56.8 Å². The van der Waals surface area contributed by atoms with Crippen LogP contribution in [0, 0.1) is 13.8 Å². The maximum atomic E-state index is 12.4. The summed E-state index contributed by atoms with van der Waals surface area (Å²) in [6.07, 6.45) is 6.62. The summed E-state index contributed by atoms with van der Waals surface area (Å²) in [6, 6.07) is 13.3. The van der Waals surface area contributed by atoms with E-state index in [9.17, 15) is 4.79 Å². The lowest BCUT2D eigenvalue weighted by molar-refractivity contribution is 0.0675. The molecule has 43 heavy (non-hydrogen) atoms. The fraction of sp³-hybridized carbons (Fsp3) is 0.455. The summed E-state index contributed by atoms with van der Waals surface area (Å²) in [5, 5.41) is 12.5. The number of aromatic nitrogens is 4. The van der Waals surface area contributed by atoms with Gasteiger partial charge < -0.3 is 20.3 Å². The smallest absolute Gasteiger partial charge is 0.409 e. The summed E-state index contributed by atoms with van der Waals surface area (Å²) >= 11 is 0. The van der Waals surface area contributed by atoms with Crippen LogP contribution >= 0.6 is 0 Å². The van der Waals surface area contributed by atoms with Crippen molar-refractivity contribution < 1.29 is 9.53 Å². The molecule has 10 nitrogen and oxygen atoms in total. The third kappa shape index (κ3) is 6.29. The fourth-order valence-electron chi connectivity index (χ4n) is 6.23. The van der Waals surface area contributed by atoms with Gasteiger partial charge in [-0.15, -0.1) is 0 Å². The van der Waals surface area contributed by atoms with Crippen molar-refractivity contribution >= 4 is 40.3 Å². The van der Waals surface area contributed by atoms with Crippen LogP contribution < -0.4 is 10.6 Å². The summed E-state index contributed by atoms with van der Waals surface area (Å²) in [5.41, 5.74) is 7.84. The Morgan fingerprint density at radius 1 is 1.05 bits per heavy atom.